The van der Waals surface area contributed by atoms with Crippen LogP contribution in [0, 0.1) is 0 Å². The molecule has 0 amide bonds. The summed E-state index contributed by atoms with van der Waals surface area (Å²) in [5.41, 5.74) is 2.15. The normalized spacial score (nSPS) is 10.2. The van der Waals surface area contributed by atoms with Gasteiger partial charge in [0.05, 0.1) is 6.54 Å². The average molecular weight is 271 g/mol. The van der Waals surface area contributed by atoms with Gasteiger partial charge in [-0.15, -0.1) is 0 Å². The number of nitrogens with one attached hydrogen (secondary N) is 1. The van der Waals surface area contributed by atoms with Gasteiger partial charge in [-0.25, -0.2) is 0 Å². The van der Waals surface area contributed by atoms with Crippen LogP contribution in [0.5, 0.6) is 5.75 Å². The van der Waals surface area contributed by atoms with E-state index in [0.717, 1.165) is 16.9 Å². The van der Waals surface area contributed by atoms with Crippen molar-refractivity contribution in [1.82, 2.24) is 5.32 Å². The number of rotatable bonds is 7. The quantitative estimate of drug-likeness (QED) is 0.812. The molecule has 0 heterocycles. The van der Waals surface area contributed by atoms with Crippen LogP contribution in [-0.4, -0.2) is 17.6 Å². The van der Waals surface area contributed by atoms with Crippen molar-refractivity contribution in [2.24, 2.45) is 0 Å². The van der Waals surface area contributed by atoms with E-state index in [9.17, 15) is 4.79 Å². The smallest absolute Gasteiger partial charge is 0.317 e. The van der Waals surface area contributed by atoms with Gasteiger partial charge in [-0.1, -0.05) is 42.5 Å². The van der Waals surface area contributed by atoms with Gasteiger partial charge in [0.15, 0.2) is 0 Å². The number of hydrogen-bond donors (Lipinski definition) is 2. The summed E-state index contributed by atoms with van der Waals surface area (Å²) in [7, 11) is 0. The maximum atomic E-state index is 10.4. The fourth-order valence-electron chi connectivity index (χ4n) is 1.76. The highest BCUT2D eigenvalue weighted by Crippen LogP contribution is 2.14. The number of benzene rings is 2. The van der Waals surface area contributed by atoms with Crippen molar-refractivity contribution < 1.29 is 14.6 Å². The minimum atomic E-state index is -0.854. The molecule has 0 atom stereocenters. The predicted octanol–water partition coefficient (Wildman–Crippen LogP) is 2.44. The zero-order chi connectivity index (χ0) is 14.2. The summed E-state index contributed by atoms with van der Waals surface area (Å²) in [5.74, 6) is -0.0522. The Morgan fingerprint density at radius 2 is 1.70 bits per heavy atom. The Hall–Kier alpha value is -2.33. The first-order valence-electron chi connectivity index (χ1n) is 6.42. The lowest BCUT2D eigenvalue weighted by Crippen LogP contribution is -2.21. The Bertz CT molecular complexity index is 537. The Kier molecular flexibility index (Phi) is 5.15. The third-order valence-corrected chi connectivity index (χ3v) is 2.78. The van der Waals surface area contributed by atoms with Crippen LogP contribution in [0.3, 0.4) is 0 Å². The highest BCUT2D eigenvalue weighted by atomic mass is 16.5. The van der Waals surface area contributed by atoms with E-state index in [1.54, 1.807) is 0 Å². The van der Waals surface area contributed by atoms with Crippen molar-refractivity contribution in [3.8, 4) is 5.75 Å². The molecule has 2 aromatic carbocycles. The summed E-state index contributed by atoms with van der Waals surface area (Å²) in [6.07, 6.45) is 0. The molecular formula is C16H17NO3. The molecule has 104 valence electrons. The topological polar surface area (TPSA) is 58.6 Å². The number of aliphatic carboxylic acids is 1. The lowest BCUT2D eigenvalue weighted by atomic mass is 10.2. The van der Waals surface area contributed by atoms with Gasteiger partial charge >= 0.3 is 5.97 Å². The first-order valence-corrected chi connectivity index (χ1v) is 6.42. The standard InChI is InChI=1S/C16H17NO3/c18-16(19)11-17-10-13-6-8-15(9-7-13)20-12-14-4-2-1-3-5-14/h1-9,17H,10-12H2,(H,18,19). The molecule has 0 radical (unpaired) electrons. The Morgan fingerprint density at radius 3 is 2.35 bits per heavy atom. The molecule has 0 fully saturated rings. The van der Waals surface area contributed by atoms with E-state index < -0.39 is 5.97 Å². The van der Waals surface area contributed by atoms with Crippen LogP contribution in [0.4, 0.5) is 0 Å². The van der Waals surface area contributed by atoms with Gasteiger partial charge in [-0.3, -0.25) is 4.79 Å². The molecule has 0 unspecified atom stereocenters. The van der Waals surface area contributed by atoms with E-state index in [4.69, 9.17) is 9.84 Å². The largest absolute Gasteiger partial charge is 0.489 e. The summed E-state index contributed by atoms with van der Waals surface area (Å²) >= 11 is 0. The number of hydrogen-bond acceptors (Lipinski definition) is 3. The summed E-state index contributed by atoms with van der Waals surface area (Å²) in [6.45, 7) is 1.04. The molecule has 0 saturated heterocycles. The Balaban J connectivity index is 1.81. The van der Waals surface area contributed by atoms with E-state index >= 15 is 0 Å². The third-order valence-electron chi connectivity index (χ3n) is 2.78. The molecule has 4 nitrogen and oxygen atoms in total. The van der Waals surface area contributed by atoms with Crippen LogP contribution in [0.15, 0.2) is 54.6 Å². The summed E-state index contributed by atoms with van der Waals surface area (Å²) in [4.78, 5) is 10.4. The van der Waals surface area contributed by atoms with Gasteiger partial charge < -0.3 is 15.2 Å². The number of ether oxygens (including phenoxy) is 1. The van der Waals surface area contributed by atoms with Crippen molar-refractivity contribution in [2.45, 2.75) is 13.2 Å². The molecule has 0 aromatic heterocycles. The molecule has 0 spiro atoms. The van der Waals surface area contributed by atoms with E-state index in [-0.39, 0.29) is 6.54 Å². The van der Waals surface area contributed by atoms with Crippen molar-refractivity contribution >= 4 is 5.97 Å². The van der Waals surface area contributed by atoms with Gasteiger partial charge in [-0.05, 0) is 23.3 Å². The predicted molar refractivity (Wildman–Crippen MR) is 76.6 cm³/mol. The second kappa shape index (κ2) is 7.31. The molecule has 0 saturated carbocycles. The first-order chi connectivity index (χ1) is 9.74. The van der Waals surface area contributed by atoms with Gasteiger partial charge in [-0.2, -0.15) is 0 Å². The number of carboxylic acids is 1. The van der Waals surface area contributed by atoms with Crippen LogP contribution in [0.2, 0.25) is 0 Å². The minimum absolute atomic E-state index is 0.0355. The molecular weight excluding hydrogens is 254 g/mol. The Morgan fingerprint density at radius 1 is 1.00 bits per heavy atom. The molecule has 4 heteroatoms. The van der Waals surface area contributed by atoms with E-state index in [2.05, 4.69) is 5.32 Å². The van der Waals surface area contributed by atoms with E-state index in [1.165, 1.54) is 0 Å². The zero-order valence-corrected chi connectivity index (χ0v) is 11.1. The van der Waals surface area contributed by atoms with Crippen LogP contribution < -0.4 is 10.1 Å². The van der Waals surface area contributed by atoms with Crippen molar-refractivity contribution in [2.75, 3.05) is 6.54 Å². The van der Waals surface area contributed by atoms with Crippen LogP contribution >= 0.6 is 0 Å². The third kappa shape index (κ3) is 4.74. The van der Waals surface area contributed by atoms with Crippen LogP contribution in [0.25, 0.3) is 0 Å². The SMILES string of the molecule is O=C(O)CNCc1ccc(OCc2ccccc2)cc1. The lowest BCUT2D eigenvalue weighted by molar-refractivity contribution is -0.135. The van der Waals surface area contributed by atoms with Crippen molar-refractivity contribution in [3.63, 3.8) is 0 Å². The van der Waals surface area contributed by atoms with E-state index in [0.29, 0.717) is 13.2 Å². The fraction of sp³-hybridized carbons (Fsp3) is 0.188. The van der Waals surface area contributed by atoms with Gasteiger partial charge in [0.25, 0.3) is 0 Å². The first kappa shape index (κ1) is 14.1. The molecule has 2 N–H and O–H groups in total. The molecule has 2 aromatic rings. The van der Waals surface area contributed by atoms with Crippen LogP contribution in [0.1, 0.15) is 11.1 Å². The second-order valence-corrected chi connectivity index (χ2v) is 4.42. The molecule has 0 aliphatic rings. The second-order valence-electron chi connectivity index (χ2n) is 4.42. The Labute approximate surface area is 118 Å². The van der Waals surface area contributed by atoms with E-state index in [1.807, 2.05) is 54.6 Å². The highest BCUT2D eigenvalue weighted by Gasteiger charge is 1.99. The summed E-state index contributed by atoms with van der Waals surface area (Å²) in [6, 6.07) is 17.6. The van der Waals surface area contributed by atoms with Crippen molar-refractivity contribution in [3.05, 3.63) is 65.7 Å². The molecule has 20 heavy (non-hydrogen) atoms. The van der Waals surface area contributed by atoms with Gasteiger partial charge in [0, 0.05) is 6.54 Å². The average Bonchev–Trinajstić information content (AvgIpc) is 2.47. The number of carbonyl (C=O) groups is 1. The molecule has 0 bridgehead atoms. The maximum Gasteiger partial charge on any atom is 0.317 e. The number of carboxylic acid groups (broad SMARTS) is 1. The van der Waals surface area contributed by atoms with Crippen LogP contribution in [-0.2, 0) is 17.9 Å². The molecule has 2 rings (SSSR count). The summed E-state index contributed by atoms with van der Waals surface area (Å²) in [5, 5.41) is 11.4. The summed E-state index contributed by atoms with van der Waals surface area (Å²) < 4.78 is 5.68. The van der Waals surface area contributed by atoms with Crippen molar-refractivity contribution in [1.29, 1.82) is 0 Å². The lowest BCUT2D eigenvalue weighted by Gasteiger charge is -2.07. The molecule has 0 aliphatic heterocycles. The fourth-order valence-corrected chi connectivity index (χ4v) is 1.76. The van der Waals surface area contributed by atoms with Gasteiger partial charge in [0.2, 0.25) is 0 Å². The monoisotopic (exact) mass is 271 g/mol. The maximum absolute atomic E-state index is 10.4. The van der Waals surface area contributed by atoms with Gasteiger partial charge in [0.1, 0.15) is 12.4 Å². The molecule has 0 aliphatic carbocycles. The highest BCUT2D eigenvalue weighted by molar-refractivity contribution is 5.68. The minimum Gasteiger partial charge on any atom is -0.489 e. The zero-order valence-electron chi connectivity index (χ0n) is 11.1.